The molecule has 6 nitrogen and oxygen atoms in total. The monoisotopic (exact) mass is 559 g/mol. The number of fused-ring (bicyclic) bond motifs is 2. The number of allylic oxidation sites excluding steroid dienone is 1. The molecule has 0 radical (unpaired) electrons. The number of hydrogen-bond donors (Lipinski definition) is 1. The summed E-state index contributed by atoms with van der Waals surface area (Å²) < 4.78 is 0. The van der Waals surface area contributed by atoms with E-state index < -0.39 is 0 Å². The Bertz CT molecular complexity index is 1430. The number of carbonyl (C=O) groups is 1. The van der Waals surface area contributed by atoms with Gasteiger partial charge in [-0.2, -0.15) is 0 Å². The van der Waals surface area contributed by atoms with Crippen LogP contribution >= 0.6 is 11.3 Å². The van der Waals surface area contributed by atoms with Gasteiger partial charge in [0.2, 0.25) is 0 Å². The maximum absolute atomic E-state index is 13.6. The molecule has 1 amide bonds. The average molecular weight is 560 g/mol. The Kier molecular flexibility index (Phi) is 11.2. The van der Waals surface area contributed by atoms with Crippen LogP contribution in [-0.2, 0) is 6.54 Å². The van der Waals surface area contributed by atoms with Crippen LogP contribution in [0.3, 0.4) is 0 Å². The van der Waals surface area contributed by atoms with Crippen molar-refractivity contribution in [3.8, 4) is 0 Å². The van der Waals surface area contributed by atoms with Gasteiger partial charge in [0.15, 0.2) is 0 Å². The summed E-state index contributed by atoms with van der Waals surface area (Å²) in [7, 11) is 1.85. The Morgan fingerprint density at radius 1 is 1.18 bits per heavy atom. The minimum atomic E-state index is -0.00932. The molecule has 0 spiro atoms. The average Bonchev–Trinajstić information content (AvgIpc) is 3.32. The summed E-state index contributed by atoms with van der Waals surface area (Å²) in [5.74, 6) is 1.29. The highest BCUT2D eigenvalue weighted by atomic mass is 32.1. The van der Waals surface area contributed by atoms with Crippen molar-refractivity contribution in [3.63, 3.8) is 0 Å². The van der Waals surface area contributed by atoms with E-state index in [1.807, 2.05) is 46.0 Å². The summed E-state index contributed by atoms with van der Waals surface area (Å²) in [6, 6.07) is 10.0. The lowest BCUT2D eigenvalue weighted by molar-refractivity contribution is 0.0790. The molecule has 2 atom stereocenters. The van der Waals surface area contributed by atoms with Crippen LogP contribution in [0.15, 0.2) is 55.5 Å². The lowest BCUT2D eigenvalue weighted by Gasteiger charge is -2.32. The number of nitrogens with one attached hydrogen (secondary N) is 1. The van der Waals surface area contributed by atoms with Gasteiger partial charge in [0, 0.05) is 31.7 Å². The number of anilines is 1. The summed E-state index contributed by atoms with van der Waals surface area (Å²) in [5.41, 5.74) is 3.06. The normalized spacial score (nSPS) is 13.3. The molecule has 0 bridgehead atoms. The second kappa shape index (κ2) is 14.4. The minimum Gasteiger partial charge on any atom is -0.369 e. The first kappa shape index (κ1) is 31.2. The van der Waals surface area contributed by atoms with E-state index in [0.717, 1.165) is 70.3 Å². The third-order valence-electron chi connectivity index (χ3n) is 7.56. The number of benzene rings is 1. The van der Waals surface area contributed by atoms with Crippen LogP contribution in [0.5, 0.6) is 0 Å². The quantitative estimate of drug-likeness (QED) is 0.176. The Morgan fingerprint density at radius 2 is 1.95 bits per heavy atom. The summed E-state index contributed by atoms with van der Waals surface area (Å²) in [5, 5.41) is 5.65. The molecule has 40 heavy (non-hydrogen) atoms. The molecular weight excluding hydrogens is 514 g/mol. The number of pyridine rings is 1. The van der Waals surface area contributed by atoms with E-state index in [9.17, 15) is 4.79 Å². The van der Waals surface area contributed by atoms with Crippen molar-refractivity contribution in [1.82, 2.24) is 19.9 Å². The van der Waals surface area contributed by atoms with E-state index in [1.54, 1.807) is 17.4 Å². The van der Waals surface area contributed by atoms with Crippen molar-refractivity contribution in [2.75, 3.05) is 18.9 Å². The zero-order valence-electron chi connectivity index (χ0n) is 25.3. The number of nitrogens with zero attached hydrogens (tertiary/aromatic N) is 4. The molecule has 214 valence electrons. The molecule has 1 N–H and O–H groups in total. The molecule has 7 heteroatoms. The smallest absolute Gasteiger partial charge is 0.264 e. The van der Waals surface area contributed by atoms with Crippen LogP contribution in [-0.4, -0.2) is 39.4 Å². The summed E-state index contributed by atoms with van der Waals surface area (Å²) >= 11 is 1.44. The molecule has 4 aromatic rings. The number of hydrogen-bond acceptors (Lipinski definition) is 6. The first-order valence-electron chi connectivity index (χ1n) is 14.5. The van der Waals surface area contributed by atoms with Crippen LogP contribution in [0.4, 0.5) is 5.82 Å². The largest absolute Gasteiger partial charge is 0.369 e. The molecule has 0 aliphatic rings. The highest BCUT2D eigenvalue weighted by Crippen LogP contribution is 2.37. The molecule has 1 aromatic carbocycles. The van der Waals surface area contributed by atoms with Crippen molar-refractivity contribution in [2.24, 2.45) is 11.3 Å². The minimum absolute atomic E-state index is 0.00932. The van der Waals surface area contributed by atoms with Gasteiger partial charge in [-0.3, -0.25) is 9.78 Å². The second-order valence-electron chi connectivity index (χ2n) is 10.6. The fourth-order valence-corrected chi connectivity index (χ4v) is 6.55. The predicted molar refractivity (Wildman–Crippen MR) is 171 cm³/mol. The van der Waals surface area contributed by atoms with Crippen LogP contribution in [0.1, 0.15) is 81.1 Å². The van der Waals surface area contributed by atoms with Gasteiger partial charge in [-0.15, -0.1) is 17.9 Å². The van der Waals surface area contributed by atoms with E-state index in [2.05, 4.69) is 65.8 Å². The van der Waals surface area contributed by atoms with Gasteiger partial charge in [-0.05, 0) is 60.8 Å². The maximum Gasteiger partial charge on any atom is 0.264 e. The van der Waals surface area contributed by atoms with Crippen molar-refractivity contribution in [3.05, 3.63) is 71.5 Å². The third-order valence-corrected chi connectivity index (χ3v) is 8.75. The van der Waals surface area contributed by atoms with E-state index >= 15 is 0 Å². The van der Waals surface area contributed by atoms with E-state index in [4.69, 9.17) is 0 Å². The molecule has 0 saturated heterocycles. The zero-order valence-corrected chi connectivity index (χ0v) is 26.1. The Hall–Kier alpha value is -3.32. The number of amides is 1. The van der Waals surface area contributed by atoms with Gasteiger partial charge < -0.3 is 10.2 Å². The first-order valence-corrected chi connectivity index (χ1v) is 15.3. The fourth-order valence-electron chi connectivity index (χ4n) is 5.41. The standard InChI is InChI=1S/C31H39N5OS.C2H6/c1-7-15-31(5,17-22(8-2)9-3)19-33-28-26-21(4)27(38-29(26)35-20-34-28)30(37)36(6)18-23-12-10-14-25-24(23)13-11-16-32-25;1-2/h8,10-14,16,20,22H,2,7,9,15,17-19H2,1,3-6H3,(H,33,34,35);1-2H3. The Balaban J connectivity index is 0.00000216. The van der Waals surface area contributed by atoms with Crippen molar-refractivity contribution >= 4 is 44.2 Å². The topological polar surface area (TPSA) is 71.0 Å². The van der Waals surface area contributed by atoms with Gasteiger partial charge >= 0.3 is 0 Å². The first-order chi connectivity index (χ1) is 19.3. The van der Waals surface area contributed by atoms with Gasteiger partial charge in [0.05, 0.1) is 15.8 Å². The van der Waals surface area contributed by atoms with Gasteiger partial charge in [0.25, 0.3) is 5.91 Å². The predicted octanol–water partition coefficient (Wildman–Crippen LogP) is 8.67. The number of aromatic nitrogens is 3. The molecule has 3 aromatic heterocycles. The van der Waals surface area contributed by atoms with Crippen molar-refractivity contribution in [2.45, 2.75) is 73.8 Å². The second-order valence-corrected chi connectivity index (χ2v) is 11.6. The number of carbonyl (C=O) groups excluding carboxylic acids is 1. The summed E-state index contributed by atoms with van der Waals surface area (Å²) in [4.78, 5) is 30.5. The molecule has 0 fully saturated rings. The molecule has 0 aliphatic heterocycles. The van der Waals surface area contributed by atoms with Crippen LogP contribution < -0.4 is 5.32 Å². The molecule has 2 unspecified atom stereocenters. The number of thiophene rings is 1. The van der Waals surface area contributed by atoms with Gasteiger partial charge in [-0.25, -0.2) is 9.97 Å². The molecular formula is C33H45N5OS. The highest BCUT2D eigenvalue weighted by molar-refractivity contribution is 7.20. The van der Waals surface area contributed by atoms with Gasteiger partial charge in [-0.1, -0.05) is 65.3 Å². The SMILES string of the molecule is C=CC(CC)CC(C)(CCC)CNc1ncnc2sc(C(=O)N(C)Cc3cccc4ncccc34)c(C)c12.CC. The van der Waals surface area contributed by atoms with Crippen molar-refractivity contribution < 1.29 is 4.79 Å². The molecule has 3 heterocycles. The Morgan fingerprint density at radius 3 is 2.65 bits per heavy atom. The van der Waals surface area contributed by atoms with Crippen LogP contribution in [0, 0.1) is 18.3 Å². The highest BCUT2D eigenvalue weighted by Gasteiger charge is 2.27. The van der Waals surface area contributed by atoms with E-state index in [1.165, 1.54) is 11.3 Å². The van der Waals surface area contributed by atoms with E-state index in [0.29, 0.717) is 17.3 Å². The zero-order chi connectivity index (χ0) is 29.3. The van der Waals surface area contributed by atoms with Crippen LogP contribution in [0.2, 0.25) is 0 Å². The summed E-state index contributed by atoms with van der Waals surface area (Å²) in [6.07, 6.45) is 9.90. The van der Waals surface area contributed by atoms with E-state index in [-0.39, 0.29) is 11.3 Å². The third kappa shape index (κ3) is 7.05. The lowest BCUT2D eigenvalue weighted by Crippen LogP contribution is -2.29. The number of aryl methyl sites for hydroxylation is 1. The molecule has 4 rings (SSSR count). The van der Waals surface area contributed by atoms with Crippen molar-refractivity contribution in [1.29, 1.82) is 0 Å². The molecule has 0 aliphatic carbocycles. The maximum atomic E-state index is 13.6. The van der Waals surface area contributed by atoms with Crippen LogP contribution in [0.25, 0.3) is 21.1 Å². The fraction of sp³-hybridized carbons (Fsp3) is 0.455. The van der Waals surface area contributed by atoms with Gasteiger partial charge in [0.1, 0.15) is 17.0 Å². The Labute approximate surface area is 244 Å². The molecule has 0 saturated carbocycles. The summed E-state index contributed by atoms with van der Waals surface area (Å²) in [6.45, 7) is 18.2. The number of rotatable bonds is 12. The lowest BCUT2D eigenvalue weighted by atomic mass is 9.76.